The van der Waals surface area contributed by atoms with Crippen LogP contribution in [0.5, 0.6) is 0 Å². The van der Waals surface area contributed by atoms with Crippen LogP contribution in [-0.2, 0) is 27.7 Å². The first-order chi connectivity index (χ1) is 21.8. The molecule has 3 heteroatoms. The predicted octanol–water partition coefficient (Wildman–Crippen LogP) is 4.98. The van der Waals surface area contributed by atoms with E-state index in [1.54, 1.807) is 15.3 Å². The summed E-state index contributed by atoms with van der Waals surface area (Å²) in [4.78, 5) is 0. The topological polar surface area (TPSA) is 0 Å². The third kappa shape index (κ3) is 6.78. The summed E-state index contributed by atoms with van der Waals surface area (Å²) in [6.45, 7) is 12.0. The van der Waals surface area contributed by atoms with E-state index in [4.69, 9.17) is 0 Å². The van der Waals surface area contributed by atoms with Crippen molar-refractivity contribution in [2.24, 2.45) is 11.3 Å². The molecule has 236 valence electrons. The fourth-order valence-electron chi connectivity index (χ4n) is 7.30. The molecule has 0 saturated heterocycles. The molecule has 5 aromatic rings. The second-order valence-corrected chi connectivity index (χ2v) is 20.0. The molecule has 2 aliphatic carbocycles. The molecule has 0 fully saturated rings. The molecule has 0 amide bonds. The van der Waals surface area contributed by atoms with Gasteiger partial charge in [-0.1, -0.05) is 0 Å². The van der Waals surface area contributed by atoms with Crippen molar-refractivity contribution in [2.45, 2.75) is 47.5 Å². The van der Waals surface area contributed by atoms with Crippen molar-refractivity contribution in [2.75, 3.05) is 0 Å². The van der Waals surface area contributed by atoms with Gasteiger partial charge in [0.05, 0.1) is 0 Å². The first-order valence-electron chi connectivity index (χ1n) is 16.4. The Balaban J connectivity index is 0.00000217. The zero-order valence-electron chi connectivity index (χ0n) is 27.9. The van der Waals surface area contributed by atoms with E-state index in [0.29, 0.717) is 5.92 Å². The first kappa shape index (κ1) is 35.2. The number of hydrogen-bond acceptors (Lipinski definition) is 0. The van der Waals surface area contributed by atoms with E-state index in [1.165, 1.54) is 50.1 Å². The van der Waals surface area contributed by atoms with E-state index in [2.05, 4.69) is 168 Å². The van der Waals surface area contributed by atoms with Crippen LogP contribution in [-0.4, -0.2) is 3.21 Å². The van der Waals surface area contributed by atoms with Crippen LogP contribution in [0.15, 0.2) is 142 Å². The van der Waals surface area contributed by atoms with Gasteiger partial charge in [0.1, 0.15) is 0 Å². The second kappa shape index (κ2) is 14.6. The SMILES string of the molecule is CCC1C=C(C(C)(C)C)C=[C]1/[Zr+2](=[C](\C)c1ccccc1)[c]1c(-c2ccccc2)ccc2c1Cc1cc(-c3ccccc3)ccc1-2.[Cl-].[Cl-]. The summed E-state index contributed by atoms with van der Waals surface area (Å²) in [5, 5.41) is 0. The van der Waals surface area contributed by atoms with Gasteiger partial charge in [0.25, 0.3) is 0 Å². The van der Waals surface area contributed by atoms with E-state index in [9.17, 15) is 0 Å². The summed E-state index contributed by atoms with van der Waals surface area (Å²) < 4.78 is 5.03. The Morgan fingerprint density at radius 3 is 1.87 bits per heavy atom. The zero-order chi connectivity index (χ0) is 31.1. The van der Waals surface area contributed by atoms with Crippen LogP contribution in [0.4, 0.5) is 0 Å². The number of fused-ring (bicyclic) bond motifs is 3. The van der Waals surface area contributed by atoms with Gasteiger partial charge >= 0.3 is 279 Å². The number of halogens is 2. The molecule has 0 N–H and O–H groups in total. The molecule has 0 spiro atoms. The molecule has 0 aliphatic heterocycles. The Hall–Kier alpha value is -3.09. The molecule has 0 bridgehead atoms. The van der Waals surface area contributed by atoms with Gasteiger partial charge in [-0.2, -0.15) is 0 Å². The Kier molecular flexibility index (Phi) is 10.9. The molecule has 0 aromatic heterocycles. The molecule has 0 nitrogen and oxygen atoms in total. The van der Waals surface area contributed by atoms with Gasteiger partial charge in [0.15, 0.2) is 0 Å². The molecular weight excluding hydrogens is 691 g/mol. The number of allylic oxidation sites excluding steroid dienone is 4. The first-order valence-corrected chi connectivity index (χ1v) is 20.1. The molecule has 0 heterocycles. The van der Waals surface area contributed by atoms with Crippen LogP contribution >= 0.6 is 0 Å². The van der Waals surface area contributed by atoms with Gasteiger partial charge in [0.2, 0.25) is 0 Å². The quantitative estimate of drug-likeness (QED) is 0.227. The maximum Gasteiger partial charge on any atom is -1.00 e. The maximum atomic E-state index is 2.65. The van der Waals surface area contributed by atoms with Crippen LogP contribution in [0, 0.1) is 11.3 Å². The molecular formula is C44H42Cl2Zr. The van der Waals surface area contributed by atoms with Gasteiger partial charge in [-0.3, -0.25) is 0 Å². The van der Waals surface area contributed by atoms with Crippen molar-refractivity contribution in [1.29, 1.82) is 0 Å². The van der Waals surface area contributed by atoms with Crippen molar-refractivity contribution in [1.82, 2.24) is 0 Å². The van der Waals surface area contributed by atoms with Gasteiger partial charge in [0, 0.05) is 0 Å². The monoisotopic (exact) mass is 730 g/mol. The van der Waals surface area contributed by atoms with Crippen LogP contribution in [0.1, 0.15) is 57.7 Å². The van der Waals surface area contributed by atoms with Crippen LogP contribution in [0.25, 0.3) is 33.4 Å². The summed E-state index contributed by atoms with van der Waals surface area (Å²) in [5.74, 6) is 0.500. The van der Waals surface area contributed by atoms with Crippen LogP contribution in [0.3, 0.4) is 0 Å². The van der Waals surface area contributed by atoms with Crippen molar-refractivity contribution in [3.63, 3.8) is 0 Å². The zero-order valence-corrected chi connectivity index (χ0v) is 31.9. The predicted molar refractivity (Wildman–Crippen MR) is 191 cm³/mol. The van der Waals surface area contributed by atoms with Gasteiger partial charge < -0.3 is 24.8 Å². The fourth-order valence-corrected chi connectivity index (χ4v) is 16.0. The molecule has 2 aliphatic rings. The molecule has 1 atom stereocenters. The summed E-state index contributed by atoms with van der Waals surface area (Å²) in [7, 11) is 0. The Morgan fingerprint density at radius 2 is 1.26 bits per heavy atom. The Bertz CT molecular complexity index is 1980. The largest absolute Gasteiger partial charge is 1.00 e. The minimum absolute atomic E-state index is 0. The van der Waals surface area contributed by atoms with E-state index in [1.807, 2.05) is 0 Å². The molecule has 5 aromatic carbocycles. The van der Waals surface area contributed by atoms with Gasteiger partial charge in [-0.25, -0.2) is 0 Å². The smallest absolute Gasteiger partial charge is 1.00 e. The molecule has 0 radical (unpaired) electrons. The fraction of sp³-hybridized carbons (Fsp3) is 0.205. The van der Waals surface area contributed by atoms with Crippen molar-refractivity contribution >= 4 is 6.48 Å². The third-order valence-electron chi connectivity index (χ3n) is 9.79. The number of hydrogen-bond donors (Lipinski definition) is 0. The van der Waals surface area contributed by atoms with Gasteiger partial charge in [-0.05, 0) is 0 Å². The summed E-state index contributed by atoms with van der Waals surface area (Å²) in [6.07, 6.45) is 7.41. The Labute approximate surface area is 301 Å². The standard InChI is InChI=1S/C25H17.C11H17.C8H8.2ClH.Zr/c1-3-7-18(8-4-1)20-11-13-24-22(15-20)17-23-16-21(12-14-25(23)24)19-9-5-2-6-10-19;1-5-9-6-7-10(8-9)11(2,3)4;1-2-8-6-4-3-5-7-8;;;/h1-15H,17H2;7-9H,5H2,1-4H3;3-7H,1H3;2*1H;/q;;;;;+2/p-2. The maximum absolute atomic E-state index is 2.74. The van der Waals surface area contributed by atoms with Crippen molar-refractivity contribution in [3.05, 3.63) is 159 Å². The van der Waals surface area contributed by atoms with E-state index >= 15 is 0 Å². The second-order valence-electron chi connectivity index (χ2n) is 13.6. The van der Waals surface area contributed by atoms with E-state index in [0.717, 1.165) is 12.8 Å². The van der Waals surface area contributed by atoms with Crippen molar-refractivity contribution in [3.8, 4) is 33.4 Å². The number of rotatable bonds is 6. The molecule has 47 heavy (non-hydrogen) atoms. The van der Waals surface area contributed by atoms with E-state index < -0.39 is 21.3 Å². The van der Waals surface area contributed by atoms with Crippen LogP contribution < -0.4 is 28.1 Å². The summed E-state index contributed by atoms with van der Waals surface area (Å²) in [6, 6.07) is 45.3. The Morgan fingerprint density at radius 1 is 0.681 bits per heavy atom. The average molecular weight is 733 g/mol. The number of benzene rings is 5. The normalized spacial score (nSPS) is 15.0. The minimum Gasteiger partial charge on any atom is -1.00 e. The van der Waals surface area contributed by atoms with E-state index in [-0.39, 0.29) is 30.2 Å². The van der Waals surface area contributed by atoms with Gasteiger partial charge in [-0.15, -0.1) is 0 Å². The van der Waals surface area contributed by atoms with Crippen molar-refractivity contribution < 1.29 is 46.1 Å². The minimum atomic E-state index is -2.74. The average Bonchev–Trinajstić information content (AvgIpc) is 3.68. The third-order valence-corrected chi connectivity index (χ3v) is 17.7. The molecule has 7 rings (SSSR count). The summed E-state index contributed by atoms with van der Waals surface area (Å²) >= 11 is -2.74. The molecule has 0 saturated carbocycles. The summed E-state index contributed by atoms with van der Waals surface area (Å²) in [5.41, 5.74) is 14.3. The van der Waals surface area contributed by atoms with Crippen LogP contribution in [0.2, 0.25) is 0 Å². The molecule has 1 unspecified atom stereocenters.